The molecule has 2 rings (SSSR count). The molecule has 1 aromatic carbocycles. The number of nitrogens with one attached hydrogen (secondary N) is 1. The predicted octanol–water partition coefficient (Wildman–Crippen LogP) is 3.16. The molecule has 1 unspecified atom stereocenters. The lowest BCUT2D eigenvalue weighted by molar-refractivity contribution is -0.141. The molecular weight excluding hydrogens is 396 g/mol. The van der Waals surface area contributed by atoms with E-state index < -0.39 is 23.9 Å². The summed E-state index contributed by atoms with van der Waals surface area (Å²) in [5.41, 5.74) is 0.497. The second-order valence-electron chi connectivity index (χ2n) is 7.61. The first-order chi connectivity index (χ1) is 15.0. The van der Waals surface area contributed by atoms with Gasteiger partial charge in [-0.1, -0.05) is 63.4 Å². The Morgan fingerprint density at radius 3 is 2.06 bits per heavy atom. The standard InChI is InChI=1S/C24H34N2O5/c1-5-26(6-2)21(17-13-9-7-10-14-17)19(23(28)30-3)20(24(29)31-4)22(27)25-18-15-11-8-12-16-18/h7,9-10,13-14,18,21H,5-6,8,11-12,15-16H2,1-4H3,(H,25,27)/b20-19-. The smallest absolute Gasteiger partial charge is 0.344 e. The molecule has 0 saturated heterocycles. The van der Waals surface area contributed by atoms with Gasteiger partial charge < -0.3 is 14.8 Å². The number of esters is 2. The monoisotopic (exact) mass is 430 g/mol. The summed E-state index contributed by atoms with van der Waals surface area (Å²) in [5.74, 6) is -2.16. The van der Waals surface area contributed by atoms with Crippen molar-refractivity contribution in [3.8, 4) is 0 Å². The van der Waals surface area contributed by atoms with Crippen LogP contribution in [-0.4, -0.2) is 56.1 Å². The first-order valence-corrected chi connectivity index (χ1v) is 11.0. The highest BCUT2D eigenvalue weighted by molar-refractivity contribution is 6.21. The van der Waals surface area contributed by atoms with E-state index in [1.807, 2.05) is 49.1 Å². The maximum atomic E-state index is 13.3. The molecule has 0 aliphatic heterocycles. The van der Waals surface area contributed by atoms with Crippen LogP contribution >= 0.6 is 0 Å². The molecule has 0 heterocycles. The molecule has 0 aromatic heterocycles. The highest BCUT2D eigenvalue weighted by Crippen LogP contribution is 2.32. The third-order valence-electron chi connectivity index (χ3n) is 5.80. The molecule has 0 bridgehead atoms. The number of carbonyl (C=O) groups excluding carboxylic acids is 3. The Bertz CT molecular complexity index is 780. The lowest BCUT2D eigenvalue weighted by Crippen LogP contribution is -2.41. The maximum absolute atomic E-state index is 13.3. The van der Waals surface area contributed by atoms with Gasteiger partial charge in [0, 0.05) is 6.04 Å². The van der Waals surface area contributed by atoms with E-state index in [2.05, 4.69) is 5.32 Å². The van der Waals surface area contributed by atoms with Crippen molar-refractivity contribution in [1.82, 2.24) is 10.2 Å². The van der Waals surface area contributed by atoms with E-state index in [-0.39, 0.29) is 17.2 Å². The van der Waals surface area contributed by atoms with Gasteiger partial charge in [0.05, 0.1) is 25.8 Å². The van der Waals surface area contributed by atoms with Gasteiger partial charge in [0.1, 0.15) is 5.57 Å². The van der Waals surface area contributed by atoms with Crippen LogP contribution in [0.1, 0.15) is 57.6 Å². The number of ether oxygens (including phenoxy) is 2. The summed E-state index contributed by atoms with van der Waals surface area (Å²) in [4.78, 5) is 41.2. The predicted molar refractivity (Wildman–Crippen MR) is 118 cm³/mol. The minimum Gasteiger partial charge on any atom is -0.466 e. The van der Waals surface area contributed by atoms with Gasteiger partial charge in [-0.05, 0) is 31.5 Å². The van der Waals surface area contributed by atoms with Crippen molar-refractivity contribution < 1.29 is 23.9 Å². The summed E-state index contributed by atoms with van der Waals surface area (Å²) < 4.78 is 10.0. The summed E-state index contributed by atoms with van der Waals surface area (Å²) in [5, 5.41) is 2.95. The molecule has 1 atom stereocenters. The van der Waals surface area contributed by atoms with Gasteiger partial charge in [0.25, 0.3) is 5.91 Å². The van der Waals surface area contributed by atoms with Crippen LogP contribution in [-0.2, 0) is 23.9 Å². The Morgan fingerprint density at radius 2 is 1.55 bits per heavy atom. The average Bonchev–Trinajstić information content (AvgIpc) is 2.81. The largest absolute Gasteiger partial charge is 0.466 e. The quantitative estimate of drug-likeness (QED) is 0.280. The van der Waals surface area contributed by atoms with Crippen LogP contribution in [0, 0.1) is 0 Å². The molecule has 31 heavy (non-hydrogen) atoms. The van der Waals surface area contributed by atoms with Crippen molar-refractivity contribution in [2.45, 2.75) is 58.0 Å². The molecular formula is C24H34N2O5. The van der Waals surface area contributed by atoms with Crippen molar-refractivity contribution in [1.29, 1.82) is 0 Å². The van der Waals surface area contributed by atoms with Crippen LogP contribution in [0.3, 0.4) is 0 Å². The van der Waals surface area contributed by atoms with Crippen molar-refractivity contribution in [2.75, 3.05) is 27.3 Å². The molecule has 0 radical (unpaired) electrons. The van der Waals surface area contributed by atoms with E-state index in [0.717, 1.165) is 37.7 Å². The number of likely N-dealkylation sites (N-methyl/N-ethyl adjacent to an activating group) is 1. The molecule has 1 aromatic rings. The molecule has 1 aliphatic carbocycles. The van der Waals surface area contributed by atoms with Gasteiger partial charge in [-0.15, -0.1) is 0 Å². The van der Waals surface area contributed by atoms with Crippen molar-refractivity contribution in [3.05, 3.63) is 47.0 Å². The topological polar surface area (TPSA) is 84.9 Å². The van der Waals surface area contributed by atoms with Crippen LogP contribution in [0.2, 0.25) is 0 Å². The zero-order chi connectivity index (χ0) is 22.8. The Morgan fingerprint density at radius 1 is 0.968 bits per heavy atom. The highest BCUT2D eigenvalue weighted by Gasteiger charge is 2.37. The third-order valence-corrected chi connectivity index (χ3v) is 5.80. The van der Waals surface area contributed by atoms with E-state index in [1.54, 1.807) is 0 Å². The van der Waals surface area contributed by atoms with Crippen LogP contribution in [0.5, 0.6) is 0 Å². The van der Waals surface area contributed by atoms with E-state index >= 15 is 0 Å². The Labute approximate surface area is 184 Å². The molecule has 1 amide bonds. The molecule has 1 saturated carbocycles. The van der Waals surface area contributed by atoms with E-state index in [0.29, 0.717) is 13.1 Å². The van der Waals surface area contributed by atoms with Gasteiger partial charge in [-0.25, -0.2) is 9.59 Å². The number of benzene rings is 1. The fourth-order valence-corrected chi connectivity index (χ4v) is 4.18. The normalized spacial score (nSPS) is 16.3. The van der Waals surface area contributed by atoms with Crippen molar-refractivity contribution in [3.63, 3.8) is 0 Å². The fourth-order valence-electron chi connectivity index (χ4n) is 4.18. The van der Waals surface area contributed by atoms with Crippen molar-refractivity contribution >= 4 is 17.8 Å². The maximum Gasteiger partial charge on any atom is 0.344 e. The zero-order valence-corrected chi connectivity index (χ0v) is 19.0. The number of methoxy groups -OCH3 is 2. The number of nitrogens with zero attached hydrogens (tertiary/aromatic N) is 1. The second-order valence-corrected chi connectivity index (χ2v) is 7.61. The average molecular weight is 431 g/mol. The van der Waals surface area contributed by atoms with Gasteiger partial charge >= 0.3 is 11.9 Å². The summed E-state index contributed by atoms with van der Waals surface area (Å²) in [6.45, 7) is 5.15. The Hall–Kier alpha value is -2.67. The van der Waals surface area contributed by atoms with Crippen molar-refractivity contribution in [2.24, 2.45) is 0 Å². The third kappa shape index (κ3) is 6.17. The molecule has 1 fully saturated rings. The SMILES string of the molecule is CCN(CC)C(/C(C(=O)OC)=C(\C(=O)NC1CCCCC1)C(=O)OC)c1ccccc1. The lowest BCUT2D eigenvalue weighted by Gasteiger charge is -2.32. The summed E-state index contributed by atoms with van der Waals surface area (Å²) in [6.07, 6.45) is 4.89. The Balaban J connectivity index is 2.66. The fraction of sp³-hybridized carbons (Fsp3) is 0.542. The number of amides is 1. The van der Waals surface area contributed by atoms with Crippen LogP contribution in [0.15, 0.2) is 41.5 Å². The highest BCUT2D eigenvalue weighted by atomic mass is 16.5. The van der Waals surface area contributed by atoms with E-state index in [1.165, 1.54) is 14.2 Å². The number of hydrogen-bond acceptors (Lipinski definition) is 6. The van der Waals surface area contributed by atoms with E-state index in [9.17, 15) is 14.4 Å². The minimum absolute atomic E-state index is 0.00226. The number of carbonyl (C=O) groups is 3. The van der Waals surface area contributed by atoms with Crippen LogP contribution in [0.4, 0.5) is 0 Å². The van der Waals surface area contributed by atoms with Gasteiger partial charge in [-0.3, -0.25) is 9.69 Å². The minimum atomic E-state index is -0.846. The molecule has 7 nitrogen and oxygen atoms in total. The Kier molecular flexibility index (Phi) is 9.72. The number of rotatable bonds is 9. The van der Waals surface area contributed by atoms with Crippen LogP contribution < -0.4 is 5.32 Å². The molecule has 0 spiro atoms. The van der Waals surface area contributed by atoms with Gasteiger partial charge in [0.2, 0.25) is 0 Å². The first-order valence-electron chi connectivity index (χ1n) is 11.0. The lowest BCUT2D eigenvalue weighted by atomic mass is 9.91. The second kappa shape index (κ2) is 12.2. The summed E-state index contributed by atoms with van der Waals surface area (Å²) >= 11 is 0. The first kappa shape index (κ1) is 24.6. The van der Waals surface area contributed by atoms with E-state index in [4.69, 9.17) is 9.47 Å². The van der Waals surface area contributed by atoms with Gasteiger partial charge in [0.15, 0.2) is 0 Å². The number of hydrogen-bond donors (Lipinski definition) is 1. The zero-order valence-electron chi connectivity index (χ0n) is 19.0. The molecule has 1 aliphatic rings. The molecule has 7 heteroatoms. The molecule has 170 valence electrons. The van der Waals surface area contributed by atoms with Gasteiger partial charge in [-0.2, -0.15) is 0 Å². The van der Waals surface area contributed by atoms with Crippen LogP contribution in [0.25, 0.3) is 0 Å². The summed E-state index contributed by atoms with van der Waals surface area (Å²) in [7, 11) is 2.46. The molecule has 1 N–H and O–H groups in total. The summed E-state index contributed by atoms with van der Waals surface area (Å²) in [6, 6.07) is 8.70.